The molecule has 0 aliphatic heterocycles. The molecule has 1 aromatic heterocycles. The zero-order chi connectivity index (χ0) is 11.3. The van der Waals surface area contributed by atoms with Gasteiger partial charge in [-0.2, -0.15) is 0 Å². The highest BCUT2D eigenvalue weighted by molar-refractivity contribution is 7.89. The lowest BCUT2D eigenvalue weighted by Gasteiger charge is -2.03. The molecule has 0 fully saturated rings. The predicted molar refractivity (Wildman–Crippen MR) is 57.7 cm³/mol. The van der Waals surface area contributed by atoms with E-state index in [4.69, 9.17) is 10.2 Å². The lowest BCUT2D eigenvalue weighted by atomic mass is 10.4. The molecule has 1 heterocycles. The summed E-state index contributed by atoms with van der Waals surface area (Å²) in [6.45, 7) is 2.38. The number of sulfonamides is 1. The summed E-state index contributed by atoms with van der Waals surface area (Å²) in [6, 6.07) is 3.55. The predicted octanol–water partition coefficient (Wildman–Crippen LogP) is 0.356. The van der Waals surface area contributed by atoms with Crippen LogP contribution in [0.5, 0.6) is 0 Å². The van der Waals surface area contributed by atoms with Gasteiger partial charge in [-0.15, -0.1) is 0 Å². The maximum absolute atomic E-state index is 11.4. The van der Waals surface area contributed by atoms with Crippen LogP contribution in [0.3, 0.4) is 0 Å². The molecule has 0 amide bonds. The van der Waals surface area contributed by atoms with Crippen molar-refractivity contribution < 1.29 is 12.8 Å². The van der Waals surface area contributed by atoms with E-state index < -0.39 is 10.0 Å². The van der Waals surface area contributed by atoms with Crippen molar-refractivity contribution in [1.29, 1.82) is 0 Å². The van der Waals surface area contributed by atoms with E-state index in [1.807, 2.05) is 6.92 Å². The summed E-state index contributed by atoms with van der Waals surface area (Å²) in [5.41, 5.74) is 5.24. The van der Waals surface area contributed by atoms with E-state index in [2.05, 4.69) is 4.72 Å². The Morgan fingerprint density at radius 2 is 2.20 bits per heavy atom. The lowest BCUT2D eigenvalue weighted by Crippen LogP contribution is -2.26. The van der Waals surface area contributed by atoms with Crippen LogP contribution < -0.4 is 10.5 Å². The first kappa shape index (κ1) is 12.2. The summed E-state index contributed by atoms with van der Waals surface area (Å²) >= 11 is 0. The molecule has 0 spiro atoms. The Bertz CT molecular complexity index is 397. The van der Waals surface area contributed by atoms with Crippen LogP contribution in [0, 0.1) is 6.92 Å². The van der Waals surface area contributed by atoms with Gasteiger partial charge in [0.15, 0.2) is 0 Å². The Hall–Kier alpha value is -0.850. The Kier molecular flexibility index (Phi) is 4.31. The van der Waals surface area contributed by atoms with Crippen LogP contribution in [0.15, 0.2) is 16.5 Å². The van der Waals surface area contributed by atoms with Crippen molar-refractivity contribution in [3.63, 3.8) is 0 Å². The van der Waals surface area contributed by atoms with Crippen LogP contribution in [0.4, 0.5) is 0 Å². The monoisotopic (exact) mass is 232 g/mol. The number of nitrogens with one attached hydrogen (secondary N) is 1. The number of nitrogens with two attached hydrogens (primary N) is 1. The molecule has 0 aliphatic rings. The first-order valence-corrected chi connectivity index (χ1v) is 6.41. The minimum Gasteiger partial charge on any atom is -0.465 e. The summed E-state index contributed by atoms with van der Waals surface area (Å²) in [7, 11) is -3.22. The Labute approximate surface area is 89.7 Å². The molecular weight excluding hydrogens is 216 g/mol. The summed E-state index contributed by atoms with van der Waals surface area (Å²) in [6.07, 6.45) is 0.465. The fraction of sp³-hybridized carbons (Fsp3) is 0.556. The summed E-state index contributed by atoms with van der Waals surface area (Å²) in [5, 5.41) is 0. The van der Waals surface area contributed by atoms with Crippen LogP contribution >= 0.6 is 0 Å². The molecule has 0 bridgehead atoms. The minimum absolute atomic E-state index is 0.0587. The molecule has 1 rings (SSSR count). The maximum atomic E-state index is 11.4. The van der Waals surface area contributed by atoms with Crippen LogP contribution in [0.25, 0.3) is 0 Å². The summed E-state index contributed by atoms with van der Waals surface area (Å²) in [5.74, 6) is 1.44. The third-order valence-corrected chi connectivity index (χ3v) is 3.29. The minimum atomic E-state index is -3.22. The van der Waals surface area contributed by atoms with E-state index in [0.29, 0.717) is 18.7 Å². The van der Waals surface area contributed by atoms with Crippen molar-refractivity contribution in [2.75, 3.05) is 12.3 Å². The topological polar surface area (TPSA) is 85.3 Å². The molecular formula is C9H16N2O3S. The Balaban J connectivity index is 2.42. The average Bonchev–Trinajstić information content (AvgIpc) is 2.59. The highest BCUT2D eigenvalue weighted by atomic mass is 32.2. The van der Waals surface area contributed by atoms with Crippen molar-refractivity contribution >= 4 is 10.0 Å². The van der Waals surface area contributed by atoms with Crippen molar-refractivity contribution in [2.24, 2.45) is 5.73 Å². The zero-order valence-corrected chi connectivity index (χ0v) is 9.51. The SMILES string of the molecule is Cc1ccc(CNS(=O)(=O)CCCN)o1. The smallest absolute Gasteiger partial charge is 0.212 e. The molecule has 0 atom stereocenters. The van der Waals surface area contributed by atoms with E-state index in [-0.39, 0.29) is 12.3 Å². The molecule has 3 N–H and O–H groups in total. The van der Waals surface area contributed by atoms with Crippen LogP contribution in [0.1, 0.15) is 17.9 Å². The van der Waals surface area contributed by atoms with E-state index >= 15 is 0 Å². The molecule has 1 aromatic rings. The highest BCUT2D eigenvalue weighted by Crippen LogP contribution is 2.06. The molecule has 0 aromatic carbocycles. The van der Waals surface area contributed by atoms with Gasteiger partial charge < -0.3 is 10.2 Å². The van der Waals surface area contributed by atoms with E-state index in [1.165, 1.54) is 0 Å². The van der Waals surface area contributed by atoms with Crippen molar-refractivity contribution in [3.05, 3.63) is 23.7 Å². The van der Waals surface area contributed by atoms with Gasteiger partial charge in [-0.3, -0.25) is 0 Å². The van der Waals surface area contributed by atoms with Gasteiger partial charge in [0.05, 0.1) is 12.3 Å². The van der Waals surface area contributed by atoms with Crippen molar-refractivity contribution in [2.45, 2.75) is 19.9 Å². The van der Waals surface area contributed by atoms with E-state index in [0.717, 1.165) is 5.76 Å². The van der Waals surface area contributed by atoms with Gasteiger partial charge in [0, 0.05) is 0 Å². The second-order valence-corrected chi connectivity index (χ2v) is 5.22. The van der Waals surface area contributed by atoms with Crippen molar-refractivity contribution in [1.82, 2.24) is 4.72 Å². The summed E-state index contributed by atoms with van der Waals surface area (Å²) < 4.78 is 30.4. The highest BCUT2D eigenvalue weighted by Gasteiger charge is 2.09. The van der Waals surface area contributed by atoms with Gasteiger partial charge >= 0.3 is 0 Å². The Morgan fingerprint density at radius 3 is 2.73 bits per heavy atom. The lowest BCUT2D eigenvalue weighted by molar-refractivity contribution is 0.475. The first-order chi connectivity index (χ1) is 7.03. The number of furan rings is 1. The molecule has 0 unspecified atom stereocenters. The van der Waals surface area contributed by atoms with Crippen LogP contribution in [-0.4, -0.2) is 20.7 Å². The molecule has 0 saturated carbocycles. The molecule has 0 radical (unpaired) electrons. The molecule has 86 valence electrons. The third-order valence-electron chi connectivity index (χ3n) is 1.88. The first-order valence-electron chi connectivity index (χ1n) is 4.76. The van der Waals surface area contributed by atoms with Crippen LogP contribution in [0.2, 0.25) is 0 Å². The Morgan fingerprint density at radius 1 is 1.47 bits per heavy atom. The van der Waals surface area contributed by atoms with Crippen molar-refractivity contribution in [3.8, 4) is 0 Å². The molecule has 15 heavy (non-hydrogen) atoms. The largest absolute Gasteiger partial charge is 0.465 e. The third kappa shape index (κ3) is 4.46. The average molecular weight is 232 g/mol. The molecule has 6 heteroatoms. The summed E-state index contributed by atoms with van der Waals surface area (Å²) in [4.78, 5) is 0. The fourth-order valence-corrected chi connectivity index (χ4v) is 2.16. The van der Waals surface area contributed by atoms with Gasteiger partial charge in [-0.05, 0) is 32.0 Å². The second-order valence-electron chi connectivity index (χ2n) is 3.29. The second kappa shape index (κ2) is 5.29. The van der Waals surface area contributed by atoms with Gasteiger partial charge in [-0.25, -0.2) is 13.1 Å². The quantitative estimate of drug-likeness (QED) is 0.741. The van der Waals surface area contributed by atoms with Gasteiger partial charge in [0.2, 0.25) is 10.0 Å². The maximum Gasteiger partial charge on any atom is 0.212 e. The molecule has 0 aliphatic carbocycles. The fourth-order valence-electron chi connectivity index (χ4n) is 1.11. The van der Waals surface area contributed by atoms with E-state index in [9.17, 15) is 8.42 Å². The van der Waals surface area contributed by atoms with Crippen LogP contribution in [-0.2, 0) is 16.6 Å². The normalized spacial score (nSPS) is 11.9. The van der Waals surface area contributed by atoms with Gasteiger partial charge in [0.1, 0.15) is 11.5 Å². The zero-order valence-electron chi connectivity index (χ0n) is 8.69. The van der Waals surface area contributed by atoms with Gasteiger partial charge in [-0.1, -0.05) is 0 Å². The number of aryl methyl sites for hydroxylation is 1. The number of hydrogen-bond donors (Lipinski definition) is 2. The molecule has 5 nitrogen and oxygen atoms in total. The number of hydrogen-bond acceptors (Lipinski definition) is 4. The molecule has 0 saturated heterocycles. The van der Waals surface area contributed by atoms with Gasteiger partial charge in [0.25, 0.3) is 0 Å². The standard InChI is InChI=1S/C9H16N2O3S/c1-8-3-4-9(14-8)7-11-15(12,13)6-2-5-10/h3-4,11H,2,5-7,10H2,1H3. The van der Waals surface area contributed by atoms with E-state index in [1.54, 1.807) is 12.1 Å². The number of rotatable bonds is 6.